The second kappa shape index (κ2) is 7.33. The van der Waals surface area contributed by atoms with Crippen molar-refractivity contribution in [2.75, 3.05) is 10.6 Å². The van der Waals surface area contributed by atoms with E-state index in [4.69, 9.17) is 0 Å². The Labute approximate surface area is 145 Å². The number of anilines is 2. The zero-order valence-corrected chi connectivity index (χ0v) is 13.9. The van der Waals surface area contributed by atoms with E-state index in [-0.39, 0.29) is 24.1 Å². The summed E-state index contributed by atoms with van der Waals surface area (Å²) in [6.07, 6.45) is 0.0722. The van der Waals surface area contributed by atoms with E-state index in [9.17, 15) is 14.0 Å². The van der Waals surface area contributed by atoms with Gasteiger partial charge in [-0.2, -0.15) is 0 Å². The number of thiazole rings is 1. The molecule has 2 heterocycles. The second-order valence-corrected chi connectivity index (χ2v) is 6.61. The molecule has 0 radical (unpaired) electrons. The summed E-state index contributed by atoms with van der Waals surface area (Å²) in [4.78, 5) is 28.7. The van der Waals surface area contributed by atoms with Gasteiger partial charge in [-0.1, -0.05) is 6.07 Å². The Bertz CT molecular complexity index is 845. The molecule has 0 aliphatic rings. The molecule has 0 aliphatic carbocycles. The number of rotatable bonds is 5. The standard InChI is InChI=1S/C16H12FN3O2S2/c17-10-3-5-11(6-4-10)18-14(21)8-12-9-24-16(19-12)20-15(22)13-2-1-7-23-13/h1-7,9H,8H2,(H,18,21)(H,19,20,22). The predicted octanol–water partition coefficient (Wildman–Crippen LogP) is 3.78. The number of thiophene rings is 1. The molecule has 5 nitrogen and oxygen atoms in total. The van der Waals surface area contributed by atoms with Crippen LogP contribution in [0.25, 0.3) is 0 Å². The van der Waals surface area contributed by atoms with Crippen LogP contribution in [0.3, 0.4) is 0 Å². The van der Waals surface area contributed by atoms with Crippen LogP contribution in [0.15, 0.2) is 47.2 Å². The van der Waals surface area contributed by atoms with Gasteiger partial charge in [-0.05, 0) is 35.7 Å². The lowest BCUT2D eigenvalue weighted by atomic mass is 10.3. The van der Waals surface area contributed by atoms with Gasteiger partial charge >= 0.3 is 0 Å². The highest BCUT2D eigenvalue weighted by molar-refractivity contribution is 7.14. The molecule has 3 rings (SSSR count). The molecule has 24 heavy (non-hydrogen) atoms. The van der Waals surface area contributed by atoms with Crippen molar-refractivity contribution in [3.63, 3.8) is 0 Å². The molecule has 0 saturated heterocycles. The molecule has 2 N–H and O–H groups in total. The van der Waals surface area contributed by atoms with Crippen LogP contribution >= 0.6 is 22.7 Å². The fourth-order valence-corrected chi connectivity index (χ4v) is 3.24. The quantitative estimate of drug-likeness (QED) is 0.726. The largest absolute Gasteiger partial charge is 0.326 e. The Morgan fingerprint density at radius 3 is 2.58 bits per heavy atom. The summed E-state index contributed by atoms with van der Waals surface area (Å²) in [5, 5.41) is 9.34. The van der Waals surface area contributed by atoms with E-state index in [1.54, 1.807) is 17.5 Å². The highest BCUT2D eigenvalue weighted by Gasteiger charge is 2.12. The molecule has 0 bridgehead atoms. The topological polar surface area (TPSA) is 71.1 Å². The molecule has 0 spiro atoms. The maximum atomic E-state index is 12.8. The fraction of sp³-hybridized carbons (Fsp3) is 0.0625. The Hall–Kier alpha value is -2.58. The Balaban J connectivity index is 1.56. The molecule has 8 heteroatoms. The average Bonchev–Trinajstić information content (AvgIpc) is 3.21. The van der Waals surface area contributed by atoms with Gasteiger partial charge in [-0.15, -0.1) is 22.7 Å². The molecule has 3 aromatic rings. The van der Waals surface area contributed by atoms with E-state index in [2.05, 4.69) is 15.6 Å². The number of hydrogen-bond donors (Lipinski definition) is 2. The minimum Gasteiger partial charge on any atom is -0.326 e. The lowest BCUT2D eigenvalue weighted by Crippen LogP contribution is -2.15. The smallest absolute Gasteiger partial charge is 0.267 e. The van der Waals surface area contributed by atoms with Crippen LogP contribution in [0.4, 0.5) is 15.2 Å². The average molecular weight is 361 g/mol. The highest BCUT2D eigenvalue weighted by atomic mass is 32.1. The summed E-state index contributed by atoms with van der Waals surface area (Å²) in [6, 6.07) is 9.05. The SMILES string of the molecule is O=C(Cc1csc(NC(=O)c2cccs2)n1)Nc1ccc(F)cc1. The van der Waals surface area contributed by atoms with E-state index < -0.39 is 0 Å². The molecular weight excluding hydrogens is 349 g/mol. The van der Waals surface area contributed by atoms with Gasteiger partial charge in [0.05, 0.1) is 17.0 Å². The lowest BCUT2D eigenvalue weighted by Gasteiger charge is -2.03. The summed E-state index contributed by atoms with van der Waals surface area (Å²) in [7, 11) is 0. The van der Waals surface area contributed by atoms with Crippen molar-refractivity contribution in [2.45, 2.75) is 6.42 Å². The Morgan fingerprint density at radius 1 is 1.08 bits per heavy atom. The van der Waals surface area contributed by atoms with Crippen molar-refractivity contribution >= 4 is 45.3 Å². The third-order valence-electron chi connectivity index (χ3n) is 2.99. The van der Waals surface area contributed by atoms with Gasteiger partial charge in [0, 0.05) is 11.1 Å². The Kier molecular flexibility index (Phi) is 4.97. The molecule has 2 aromatic heterocycles. The minimum atomic E-state index is -0.362. The number of halogens is 1. The van der Waals surface area contributed by atoms with Crippen LogP contribution in [-0.4, -0.2) is 16.8 Å². The van der Waals surface area contributed by atoms with E-state index >= 15 is 0 Å². The first-order valence-corrected chi connectivity index (χ1v) is 8.71. The number of hydrogen-bond acceptors (Lipinski definition) is 5. The number of nitrogens with zero attached hydrogens (tertiary/aromatic N) is 1. The number of benzene rings is 1. The number of carbonyl (C=O) groups excluding carboxylic acids is 2. The molecule has 2 amide bonds. The van der Waals surface area contributed by atoms with E-state index in [1.807, 2.05) is 5.38 Å². The number of nitrogens with one attached hydrogen (secondary N) is 2. The van der Waals surface area contributed by atoms with Crippen molar-refractivity contribution < 1.29 is 14.0 Å². The van der Waals surface area contributed by atoms with Gasteiger partial charge in [-0.3, -0.25) is 14.9 Å². The zero-order valence-electron chi connectivity index (χ0n) is 12.3. The van der Waals surface area contributed by atoms with Crippen molar-refractivity contribution in [1.82, 2.24) is 4.98 Å². The number of carbonyl (C=O) groups is 2. The van der Waals surface area contributed by atoms with Crippen LogP contribution in [0, 0.1) is 5.82 Å². The molecule has 0 saturated carbocycles. The van der Waals surface area contributed by atoms with Gasteiger partial charge < -0.3 is 5.32 Å². The van der Waals surface area contributed by atoms with Crippen LogP contribution in [0.2, 0.25) is 0 Å². The van der Waals surface area contributed by atoms with Gasteiger partial charge in [0.1, 0.15) is 5.82 Å². The van der Waals surface area contributed by atoms with Crippen LogP contribution in [-0.2, 0) is 11.2 Å². The molecule has 0 unspecified atom stereocenters. The summed E-state index contributed by atoms with van der Waals surface area (Å²) in [6.45, 7) is 0. The van der Waals surface area contributed by atoms with Gasteiger partial charge in [0.15, 0.2) is 5.13 Å². The summed E-state index contributed by atoms with van der Waals surface area (Å²) in [5.74, 6) is -0.844. The first kappa shape index (κ1) is 16.3. The minimum absolute atomic E-state index is 0.0722. The first-order valence-electron chi connectivity index (χ1n) is 6.95. The summed E-state index contributed by atoms with van der Waals surface area (Å²) in [5.41, 5.74) is 1.07. The molecule has 1 aromatic carbocycles. The third-order valence-corrected chi connectivity index (χ3v) is 4.66. The zero-order chi connectivity index (χ0) is 16.9. The first-order chi connectivity index (χ1) is 11.6. The van der Waals surface area contributed by atoms with E-state index in [1.165, 1.54) is 46.9 Å². The van der Waals surface area contributed by atoms with Crippen LogP contribution < -0.4 is 10.6 Å². The molecule has 0 aliphatic heterocycles. The molecule has 0 atom stereocenters. The van der Waals surface area contributed by atoms with Crippen LogP contribution in [0.5, 0.6) is 0 Å². The molecular formula is C16H12FN3O2S2. The molecule has 0 fully saturated rings. The predicted molar refractivity (Wildman–Crippen MR) is 93.1 cm³/mol. The fourth-order valence-electron chi connectivity index (χ4n) is 1.91. The van der Waals surface area contributed by atoms with Crippen molar-refractivity contribution in [2.24, 2.45) is 0 Å². The van der Waals surface area contributed by atoms with Crippen molar-refractivity contribution in [3.05, 3.63) is 63.5 Å². The van der Waals surface area contributed by atoms with Crippen molar-refractivity contribution in [3.8, 4) is 0 Å². The Morgan fingerprint density at radius 2 is 1.88 bits per heavy atom. The monoisotopic (exact) mass is 361 g/mol. The van der Waals surface area contributed by atoms with E-state index in [0.717, 1.165) is 0 Å². The van der Waals surface area contributed by atoms with E-state index in [0.29, 0.717) is 21.4 Å². The van der Waals surface area contributed by atoms with Gasteiger partial charge in [0.25, 0.3) is 5.91 Å². The summed E-state index contributed by atoms with van der Waals surface area (Å²) < 4.78 is 12.8. The lowest BCUT2D eigenvalue weighted by molar-refractivity contribution is -0.115. The van der Waals surface area contributed by atoms with Crippen molar-refractivity contribution in [1.29, 1.82) is 0 Å². The highest BCUT2D eigenvalue weighted by Crippen LogP contribution is 2.19. The molecule has 122 valence electrons. The van der Waals surface area contributed by atoms with Gasteiger partial charge in [0.2, 0.25) is 5.91 Å². The maximum absolute atomic E-state index is 12.8. The number of amides is 2. The second-order valence-electron chi connectivity index (χ2n) is 4.81. The summed E-state index contributed by atoms with van der Waals surface area (Å²) >= 11 is 2.60. The van der Waals surface area contributed by atoms with Crippen LogP contribution in [0.1, 0.15) is 15.4 Å². The third kappa shape index (κ3) is 4.24. The maximum Gasteiger partial charge on any atom is 0.267 e. The normalized spacial score (nSPS) is 10.4. The number of aromatic nitrogens is 1. The van der Waals surface area contributed by atoms with Gasteiger partial charge in [-0.25, -0.2) is 9.37 Å².